The molecule has 0 fully saturated rings. The van der Waals surface area contributed by atoms with E-state index in [2.05, 4.69) is 5.32 Å². The van der Waals surface area contributed by atoms with Gasteiger partial charge >= 0.3 is 0 Å². The van der Waals surface area contributed by atoms with Gasteiger partial charge in [-0.25, -0.2) is 12.8 Å². The van der Waals surface area contributed by atoms with Gasteiger partial charge in [-0.2, -0.15) is 0 Å². The minimum atomic E-state index is -3.66. The van der Waals surface area contributed by atoms with Crippen LogP contribution in [0.15, 0.2) is 84.9 Å². The fraction of sp³-hybridized carbons (Fsp3) is 0.333. The molecule has 0 unspecified atom stereocenters. The standard InChI is InChI=1S/C30H36FN3O4S/c1-23(2)32-30(36)28(21-24-11-6-4-7-12-24)33(22-25-13-8-5-9-14-25)29(35)15-10-20-34(39(3,37)38)27-18-16-26(31)17-19-27/h4-9,11-14,16-19,23,28H,10,15,20-22H2,1-3H3,(H,32,36)/t28-/m0/s1. The van der Waals surface area contributed by atoms with Crippen LogP contribution in [0, 0.1) is 5.82 Å². The van der Waals surface area contributed by atoms with Gasteiger partial charge < -0.3 is 10.2 Å². The van der Waals surface area contributed by atoms with Gasteiger partial charge in [0.25, 0.3) is 0 Å². The summed E-state index contributed by atoms with van der Waals surface area (Å²) in [6.07, 6.45) is 1.66. The number of carbonyl (C=O) groups excluding carboxylic acids is 2. The van der Waals surface area contributed by atoms with Gasteiger partial charge in [0.05, 0.1) is 11.9 Å². The molecule has 208 valence electrons. The Hall–Kier alpha value is -3.72. The van der Waals surface area contributed by atoms with Gasteiger partial charge in [0.1, 0.15) is 11.9 Å². The molecule has 0 aliphatic carbocycles. The highest BCUT2D eigenvalue weighted by molar-refractivity contribution is 7.92. The lowest BCUT2D eigenvalue weighted by atomic mass is 10.0. The van der Waals surface area contributed by atoms with E-state index in [1.165, 1.54) is 24.3 Å². The lowest BCUT2D eigenvalue weighted by molar-refractivity contribution is -0.141. The molecule has 3 aromatic carbocycles. The number of amides is 2. The van der Waals surface area contributed by atoms with Crippen molar-refractivity contribution in [2.45, 2.75) is 51.7 Å². The van der Waals surface area contributed by atoms with Crippen LogP contribution in [0.1, 0.15) is 37.8 Å². The number of carbonyl (C=O) groups is 2. The number of hydrogen-bond acceptors (Lipinski definition) is 4. The zero-order chi connectivity index (χ0) is 28.4. The minimum Gasteiger partial charge on any atom is -0.352 e. The maximum absolute atomic E-state index is 13.7. The lowest BCUT2D eigenvalue weighted by Gasteiger charge is -2.32. The molecule has 0 saturated carbocycles. The van der Waals surface area contributed by atoms with Crippen molar-refractivity contribution in [3.63, 3.8) is 0 Å². The highest BCUT2D eigenvalue weighted by atomic mass is 32.2. The molecule has 0 bridgehead atoms. The molecule has 3 rings (SSSR count). The monoisotopic (exact) mass is 553 g/mol. The first-order valence-electron chi connectivity index (χ1n) is 13.0. The second kappa shape index (κ2) is 13.9. The summed E-state index contributed by atoms with van der Waals surface area (Å²) in [4.78, 5) is 28.7. The van der Waals surface area contributed by atoms with Crippen LogP contribution in [0.3, 0.4) is 0 Å². The average molecular weight is 554 g/mol. The van der Waals surface area contributed by atoms with E-state index >= 15 is 0 Å². The Morgan fingerprint density at radius 1 is 0.872 bits per heavy atom. The molecular weight excluding hydrogens is 517 g/mol. The topological polar surface area (TPSA) is 86.8 Å². The van der Waals surface area contributed by atoms with E-state index in [0.29, 0.717) is 12.1 Å². The maximum Gasteiger partial charge on any atom is 0.243 e. The van der Waals surface area contributed by atoms with Crippen LogP contribution in [0.4, 0.5) is 10.1 Å². The summed E-state index contributed by atoms with van der Waals surface area (Å²) in [7, 11) is -3.66. The van der Waals surface area contributed by atoms with E-state index in [-0.39, 0.29) is 43.8 Å². The number of benzene rings is 3. The van der Waals surface area contributed by atoms with Crippen LogP contribution in [-0.2, 0) is 32.6 Å². The number of rotatable bonds is 13. The van der Waals surface area contributed by atoms with Crippen molar-refractivity contribution in [3.05, 3.63) is 102 Å². The van der Waals surface area contributed by atoms with Crippen molar-refractivity contribution in [3.8, 4) is 0 Å². The van der Waals surface area contributed by atoms with E-state index in [1.807, 2.05) is 74.5 Å². The Labute approximate surface area is 230 Å². The van der Waals surface area contributed by atoms with Gasteiger partial charge in [0.15, 0.2) is 0 Å². The summed E-state index contributed by atoms with van der Waals surface area (Å²) in [6.45, 7) is 4.01. The third-order valence-corrected chi connectivity index (χ3v) is 7.36. The Morgan fingerprint density at radius 2 is 1.44 bits per heavy atom. The number of nitrogens with one attached hydrogen (secondary N) is 1. The fourth-order valence-corrected chi connectivity index (χ4v) is 5.29. The molecule has 0 aliphatic rings. The van der Waals surface area contributed by atoms with Crippen LogP contribution in [0.5, 0.6) is 0 Å². The first kappa shape index (κ1) is 29.8. The number of halogens is 1. The number of hydrogen-bond donors (Lipinski definition) is 1. The molecule has 0 aromatic heterocycles. The third-order valence-electron chi connectivity index (χ3n) is 6.16. The summed E-state index contributed by atoms with van der Waals surface area (Å²) in [5.41, 5.74) is 2.13. The smallest absolute Gasteiger partial charge is 0.243 e. The molecule has 39 heavy (non-hydrogen) atoms. The summed E-state index contributed by atoms with van der Waals surface area (Å²) >= 11 is 0. The Kier molecular flexibility index (Phi) is 10.6. The van der Waals surface area contributed by atoms with Crippen molar-refractivity contribution in [2.75, 3.05) is 17.1 Å². The summed E-state index contributed by atoms with van der Waals surface area (Å²) in [5, 5.41) is 2.95. The normalized spacial score (nSPS) is 12.1. The molecule has 3 aromatic rings. The highest BCUT2D eigenvalue weighted by Crippen LogP contribution is 2.20. The third kappa shape index (κ3) is 9.21. The largest absolute Gasteiger partial charge is 0.352 e. The zero-order valence-corrected chi connectivity index (χ0v) is 23.4. The zero-order valence-electron chi connectivity index (χ0n) is 22.6. The first-order valence-corrected chi connectivity index (χ1v) is 14.8. The highest BCUT2D eigenvalue weighted by Gasteiger charge is 2.30. The van der Waals surface area contributed by atoms with E-state index < -0.39 is 21.9 Å². The van der Waals surface area contributed by atoms with Crippen LogP contribution < -0.4 is 9.62 Å². The molecule has 2 amide bonds. The van der Waals surface area contributed by atoms with Crippen molar-refractivity contribution in [1.29, 1.82) is 0 Å². The molecule has 0 radical (unpaired) electrons. The van der Waals surface area contributed by atoms with Gasteiger partial charge in [-0.05, 0) is 55.7 Å². The second-order valence-electron chi connectivity index (χ2n) is 9.79. The van der Waals surface area contributed by atoms with E-state index in [0.717, 1.165) is 21.7 Å². The molecule has 0 spiro atoms. The van der Waals surface area contributed by atoms with E-state index in [4.69, 9.17) is 0 Å². The molecule has 0 heterocycles. The second-order valence-corrected chi connectivity index (χ2v) is 11.7. The van der Waals surface area contributed by atoms with E-state index in [1.54, 1.807) is 4.90 Å². The predicted molar refractivity (Wildman–Crippen MR) is 152 cm³/mol. The Bertz CT molecular complexity index is 1320. The summed E-state index contributed by atoms with van der Waals surface area (Å²) in [5.74, 6) is -0.975. The molecule has 9 heteroatoms. The van der Waals surface area contributed by atoms with E-state index in [9.17, 15) is 22.4 Å². The van der Waals surface area contributed by atoms with Gasteiger partial charge in [-0.1, -0.05) is 60.7 Å². The van der Waals surface area contributed by atoms with Gasteiger partial charge in [0.2, 0.25) is 21.8 Å². The van der Waals surface area contributed by atoms with Crippen molar-refractivity contribution in [1.82, 2.24) is 10.2 Å². The fourth-order valence-electron chi connectivity index (χ4n) is 4.33. The molecular formula is C30H36FN3O4S. The van der Waals surface area contributed by atoms with Gasteiger partial charge in [-0.3, -0.25) is 13.9 Å². The number of anilines is 1. The van der Waals surface area contributed by atoms with Crippen LogP contribution >= 0.6 is 0 Å². The summed E-state index contributed by atoms with van der Waals surface area (Å²) < 4.78 is 39.5. The van der Waals surface area contributed by atoms with Crippen LogP contribution in [0.25, 0.3) is 0 Å². The quantitative estimate of drug-likeness (QED) is 0.337. The first-order chi connectivity index (χ1) is 18.5. The van der Waals surface area contributed by atoms with Crippen molar-refractivity contribution < 1.29 is 22.4 Å². The molecule has 7 nitrogen and oxygen atoms in total. The molecule has 0 saturated heterocycles. The van der Waals surface area contributed by atoms with Crippen LogP contribution in [0.2, 0.25) is 0 Å². The number of sulfonamides is 1. The van der Waals surface area contributed by atoms with Crippen LogP contribution in [-0.4, -0.2) is 50.0 Å². The van der Waals surface area contributed by atoms with Crippen molar-refractivity contribution in [2.24, 2.45) is 0 Å². The molecule has 1 N–H and O–H groups in total. The predicted octanol–water partition coefficient (Wildman–Crippen LogP) is 4.54. The summed E-state index contributed by atoms with van der Waals surface area (Å²) in [6, 6.07) is 23.3. The lowest BCUT2D eigenvalue weighted by Crippen LogP contribution is -2.51. The molecule has 1 atom stereocenters. The minimum absolute atomic E-state index is 0.0281. The Balaban J connectivity index is 1.85. The van der Waals surface area contributed by atoms with Crippen molar-refractivity contribution >= 4 is 27.5 Å². The number of nitrogens with zero attached hydrogens (tertiary/aromatic N) is 2. The SMILES string of the molecule is CC(C)NC(=O)[C@H](Cc1ccccc1)N(Cc1ccccc1)C(=O)CCCN(c1ccc(F)cc1)S(C)(=O)=O. The molecule has 0 aliphatic heterocycles. The van der Waals surface area contributed by atoms with Gasteiger partial charge in [0, 0.05) is 32.0 Å². The van der Waals surface area contributed by atoms with Gasteiger partial charge in [-0.15, -0.1) is 0 Å². The Morgan fingerprint density at radius 3 is 1.97 bits per heavy atom. The maximum atomic E-state index is 13.7. The average Bonchev–Trinajstić information content (AvgIpc) is 2.89.